The fourth-order valence-electron chi connectivity index (χ4n) is 6.67. The molecule has 0 amide bonds. The zero-order valence-electron chi connectivity index (χ0n) is 23.7. The van der Waals surface area contributed by atoms with E-state index in [9.17, 15) is 0 Å². The molecule has 0 heterocycles. The molecular weight excluding hydrogens is 444 g/mol. The summed E-state index contributed by atoms with van der Waals surface area (Å²) in [7, 11) is 133. The van der Waals surface area contributed by atoms with Gasteiger partial charge in [0.1, 0.15) is 0 Å². The third kappa shape index (κ3) is 12.0. The second-order valence-electron chi connectivity index (χ2n) is 11.2. The zero-order valence-corrected chi connectivity index (χ0v) is 23.7. The molecule has 0 spiro atoms. The molecule has 0 aromatic carbocycles. The minimum atomic E-state index is -1.23. The van der Waals surface area contributed by atoms with Crippen molar-refractivity contribution in [3.63, 3.8) is 0 Å². The second kappa shape index (κ2) is 20.1. The van der Waals surface area contributed by atoms with E-state index in [-0.39, 0.29) is 0 Å². The molecule has 0 rings (SSSR count). The smallest absolute Gasteiger partial charge is 0.0294 e. The van der Waals surface area contributed by atoms with Gasteiger partial charge in [-0.3, -0.25) is 0 Å². The summed E-state index contributed by atoms with van der Waals surface area (Å²) in [5.74, 6) is 0. The molecule has 0 N–H and O–H groups in total. The van der Waals surface area contributed by atoms with Crippen molar-refractivity contribution in [1.82, 2.24) is 0 Å². The molecule has 0 atom stereocenters. The second-order valence-corrected chi connectivity index (χ2v) is 11.2. The van der Waals surface area contributed by atoms with Gasteiger partial charge in [-0.05, 0) is 0 Å². The fraction of sp³-hybridized carbons (Fsp3) is 1.00. The van der Waals surface area contributed by atoms with Crippen LogP contribution in [-0.4, -0.2) is 285 Å². The van der Waals surface area contributed by atoms with Gasteiger partial charge in [0.25, 0.3) is 0 Å². The topological polar surface area (TPSA) is 0 Å². The SMILES string of the molecule is [B][B]B(B([B])[B])B(B([B])[B])C(B(B(B([B])[B])B([B])[B])B(B([B])[B])B([B])[B])B(B(B([B])[B])B([B])[B])B(B([B])[B])B([B])[B]. The summed E-state index contributed by atoms with van der Waals surface area (Å²) in [5.41, 5.74) is -1.07. The van der Waals surface area contributed by atoms with Gasteiger partial charge in [0, 0.05) is 285 Å². The molecule has 0 aromatic rings. The van der Waals surface area contributed by atoms with Crippen LogP contribution in [0.3, 0.4) is 0 Å². The highest BCUT2D eigenvalue weighted by molar-refractivity contribution is 8.15. The van der Waals surface area contributed by atoms with E-state index in [2.05, 4.69) is 0 Å². The van der Waals surface area contributed by atoms with E-state index in [0.29, 0.717) is 0 Å². The molecule has 0 aromatic heterocycles. The van der Waals surface area contributed by atoms with Gasteiger partial charge in [0.15, 0.2) is 0 Å². The van der Waals surface area contributed by atoms with Gasteiger partial charge < -0.3 is 0 Å². The maximum absolute atomic E-state index is 6.43. The Hall–Kier alpha value is 2.60. The van der Waals surface area contributed by atoms with E-state index in [1.165, 1.54) is 7.06 Å². The monoisotopic (exact) mass is 453 g/mol. The van der Waals surface area contributed by atoms with Gasteiger partial charge >= 0.3 is 0 Å². The molecule has 0 aliphatic rings. The molecule has 0 saturated heterocycles. The highest BCUT2D eigenvalue weighted by Gasteiger charge is 2.56. The Morgan fingerprint density at radius 3 is 0.634 bits per heavy atom. The van der Waals surface area contributed by atoms with Gasteiger partial charge in [-0.15, -0.1) is 5.62 Å². The van der Waals surface area contributed by atoms with Gasteiger partial charge in [-0.25, -0.2) is 0 Å². The van der Waals surface area contributed by atoms with Crippen LogP contribution in [0.5, 0.6) is 0 Å². The third-order valence-corrected chi connectivity index (χ3v) is 8.22. The fourth-order valence-corrected chi connectivity index (χ4v) is 6.67. The van der Waals surface area contributed by atoms with Gasteiger partial charge in [-0.2, -0.15) is 0 Å². The molecule has 125 valence electrons. The minimum absolute atomic E-state index is 0.926. The minimum Gasteiger partial charge on any atom is -0.146 e. The van der Waals surface area contributed by atoms with E-state index in [0.717, 1.165) is 0 Å². The molecule has 0 unspecified atom stereocenters. The third-order valence-electron chi connectivity index (χ3n) is 8.22. The first-order valence-electron chi connectivity index (χ1n) is 13.3. The molecule has 40 heteroatoms. The summed E-state index contributed by atoms with van der Waals surface area (Å²) < 4.78 is 0. The van der Waals surface area contributed by atoms with Gasteiger partial charge in [0.2, 0.25) is 0 Å². The Morgan fingerprint density at radius 1 is 0.293 bits per heavy atom. The van der Waals surface area contributed by atoms with Crippen LogP contribution >= 0.6 is 0 Å². The van der Waals surface area contributed by atoms with Gasteiger partial charge in [-0.1, -0.05) is 0 Å². The summed E-state index contributed by atoms with van der Waals surface area (Å²) in [6, 6.07) is 0. The highest BCUT2D eigenvalue weighted by Crippen LogP contribution is 2.30. The van der Waals surface area contributed by atoms with Crippen molar-refractivity contribution in [3.05, 3.63) is 0 Å². The summed E-state index contributed by atoms with van der Waals surface area (Å²) in [5, 5.41) is 0. The molecule has 43 radical (unpaired) electrons. The summed E-state index contributed by atoms with van der Waals surface area (Å²) in [4.78, 5) is 0. The molecule has 0 aliphatic heterocycles. The maximum Gasteiger partial charge on any atom is 0.0294 e. The van der Waals surface area contributed by atoms with Crippen LogP contribution in [0.1, 0.15) is 0 Å². The van der Waals surface area contributed by atoms with Crippen molar-refractivity contribution in [1.29, 1.82) is 0 Å². The van der Waals surface area contributed by atoms with Crippen molar-refractivity contribution in [2.75, 3.05) is 0 Å². The molecule has 0 bridgehead atoms. The van der Waals surface area contributed by atoms with Crippen LogP contribution in [0, 0.1) is 0 Å². The summed E-state index contributed by atoms with van der Waals surface area (Å²) in [6.07, 6.45) is -17.1. The van der Waals surface area contributed by atoms with Crippen LogP contribution in [0.2, 0.25) is 5.62 Å². The van der Waals surface area contributed by atoms with Crippen LogP contribution < -0.4 is 0 Å². The lowest BCUT2D eigenvalue weighted by atomic mass is 8.38. The Morgan fingerprint density at radius 2 is 0.512 bits per heavy atom. The van der Waals surface area contributed by atoms with Crippen molar-refractivity contribution < 1.29 is 0 Å². The van der Waals surface area contributed by atoms with E-state index < -0.39 is 121 Å². The summed E-state index contributed by atoms with van der Waals surface area (Å²) in [6.45, 7) is -3.13. The first-order valence-corrected chi connectivity index (χ1v) is 13.3. The Balaban J connectivity index is 8.46. The standard InChI is InChI=1S/CHB40/c2-23-37(28(5)6)24(27(3)4)1(25(38(29(7)8)30(9)10)39(31(11)12)32(13)14)26(40(33(15)16)34(17)18)41(35(19)20)36(21)22/h1H. The number of hydrogen-bond donors (Lipinski definition) is 0. The molecule has 41 heavy (non-hydrogen) atoms. The number of rotatable bonds is 19. The van der Waals surface area contributed by atoms with Crippen LogP contribution in [-0.2, 0) is 0 Å². The zero-order chi connectivity index (χ0) is 32.7. The Bertz CT molecular complexity index is 550. The van der Waals surface area contributed by atoms with E-state index in [1.807, 2.05) is 0 Å². The average Bonchev–Trinajstić information content (AvgIpc) is 2.76. The van der Waals surface area contributed by atoms with Crippen LogP contribution in [0.4, 0.5) is 0 Å². The van der Waals surface area contributed by atoms with Crippen molar-refractivity contribution in [2.24, 2.45) is 0 Å². The predicted molar refractivity (Wildman–Crippen MR) is 234 cm³/mol. The largest absolute Gasteiger partial charge is 0.146 e. The van der Waals surface area contributed by atoms with Crippen molar-refractivity contribution in [2.45, 2.75) is 5.62 Å². The lowest BCUT2D eigenvalue weighted by molar-refractivity contribution is 1.80. The average molecular weight is 445 g/mol. The van der Waals surface area contributed by atoms with E-state index in [1.54, 1.807) is 0 Å². The van der Waals surface area contributed by atoms with Gasteiger partial charge in [0.05, 0.1) is 0 Å². The first kappa shape index (κ1) is 43.6. The van der Waals surface area contributed by atoms with E-state index >= 15 is 0 Å². The lowest BCUT2D eigenvalue weighted by Crippen LogP contribution is -2.85. The predicted octanol–water partition coefficient (Wildman–Crippen LogP) is -14.9. The molecular formula is CHB40. The number of hydrogen-bond acceptors (Lipinski definition) is 0. The molecule has 0 fully saturated rings. The first-order chi connectivity index (χ1) is 18.7. The maximum atomic E-state index is 6.43. The van der Waals surface area contributed by atoms with Crippen LogP contribution in [0.15, 0.2) is 0 Å². The molecule has 0 nitrogen and oxygen atoms in total. The molecule has 0 saturated carbocycles. The highest BCUT2D eigenvalue weighted by atomic mass is 13.7. The van der Waals surface area contributed by atoms with Crippen LogP contribution in [0.25, 0.3) is 0 Å². The van der Waals surface area contributed by atoms with Crippen molar-refractivity contribution in [3.8, 4) is 0 Å². The lowest BCUT2D eigenvalue weighted by Gasteiger charge is -2.55. The van der Waals surface area contributed by atoms with E-state index in [4.69, 9.17) is 162 Å². The summed E-state index contributed by atoms with van der Waals surface area (Å²) >= 11 is 0. The molecule has 0 aliphatic carbocycles. The Kier molecular flexibility index (Phi) is 21.3. The normalized spacial score (nSPS) is 9.78. The van der Waals surface area contributed by atoms with Crippen molar-refractivity contribution >= 4 is 285 Å². The Labute approximate surface area is 288 Å². The quantitative estimate of drug-likeness (QED) is 0.173.